The van der Waals surface area contributed by atoms with Crippen molar-refractivity contribution in [2.75, 3.05) is 26.7 Å². The number of aryl methyl sites for hydroxylation is 2. The number of esters is 1. The van der Waals surface area contributed by atoms with Gasteiger partial charge in [0.1, 0.15) is 0 Å². The second-order valence-corrected chi connectivity index (χ2v) is 7.79. The summed E-state index contributed by atoms with van der Waals surface area (Å²) in [7, 11) is 2.16. The predicted octanol–water partition coefficient (Wildman–Crippen LogP) is 5.27. The summed E-state index contributed by atoms with van der Waals surface area (Å²) < 4.78 is 4.99. The number of rotatable bonds is 9. The van der Waals surface area contributed by atoms with Gasteiger partial charge < -0.3 is 9.64 Å². The minimum absolute atomic E-state index is 0.0782. The normalized spacial score (nSPS) is 12.9. The summed E-state index contributed by atoms with van der Waals surface area (Å²) in [5.74, 6) is -0.0782. The first-order valence-corrected chi connectivity index (χ1v) is 10.9. The van der Waals surface area contributed by atoms with Gasteiger partial charge in [-0.05, 0) is 80.4 Å². The van der Waals surface area contributed by atoms with E-state index >= 15 is 0 Å². The predicted molar refractivity (Wildman–Crippen MR) is 120 cm³/mol. The Kier molecular flexibility index (Phi) is 8.06. The van der Waals surface area contributed by atoms with Crippen LogP contribution in [0.2, 0.25) is 0 Å². The Bertz CT molecular complexity index is 791. The van der Waals surface area contributed by atoms with Gasteiger partial charge in [-0.15, -0.1) is 0 Å². The first-order chi connectivity index (χ1) is 14.2. The van der Waals surface area contributed by atoms with Crippen LogP contribution >= 0.6 is 0 Å². The topological polar surface area (TPSA) is 29.5 Å². The van der Waals surface area contributed by atoms with Crippen molar-refractivity contribution in [1.82, 2.24) is 4.90 Å². The molecular weight excluding hydrogens is 358 g/mol. The first-order valence-electron chi connectivity index (χ1n) is 10.9. The lowest BCUT2D eigenvalue weighted by molar-refractivity contribution is -0.143. The average molecular weight is 392 g/mol. The molecule has 29 heavy (non-hydrogen) atoms. The summed E-state index contributed by atoms with van der Waals surface area (Å²) >= 11 is 0. The third-order valence-electron chi connectivity index (χ3n) is 5.61. The molecule has 154 valence electrons. The largest absolute Gasteiger partial charge is 0.466 e. The SMILES string of the molecule is CCOC(=O)CCCCN(C)CCC=C1c2ccccc2CCc2ccccc21. The minimum Gasteiger partial charge on any atom is -0.466 e. The van der Waals surface area contributed by atoms with E-state index in [1.807, 2.05) is 6.92 Å². The van der Waals surface area contributed by atoms with Crippen molar-refractivity contribution in [2.24, 2.45) is 0 Å². The van der Waals surface area contributed by atoms with E-state index < -0.39 is 0 Å². The highest BCUT2D eigenvalue weighted by atomic mass is 16.5. The van der Waals surface area contributed by atoms with Crippen molar-refractivity contribution >= 4 is 11.5 Å². The van der Waals surface area contributed by atoms with E-state index in [1.165, 1.54) is 27.8 Å². The van der Waals surface area contributed by atoms with Gasteiger partial charge in [0.25, 0.3) is 0 Å². The van der Waals surface area contributed by atoms with Crippen LogP contribution in [0.15, 0.2) is 54.6 Å². The van der Waals surface area contributed by atoms with Crippen molar-refractivity contribution in [2.45, 2.75) is 45.4 Å². The second kappa shape index (κ2) is 11.0. The van der Waals surface area contributed by atoms with E-state index in [9.17, 15) is 4.79 Å². The summed E-state index contributed by atoms with van der Waals surface area (Å²) in [5.41, 5.74) is 7.04. The van der Waals surface area contributed by atoms with Crippen LogP contribution in [0.4, 0.5) is 0 Å². The van der Waals surface area contributed by atoms with Crippen molar-refractivity contribution in [1.29, 1.82) is 0 Å². The molecule has 0 bridgehead atoms. The number of fused-ring (bicyclic) bond motifs is 2. The lowest BCUT2D eigenvalue weighted by Crippen LogP contribution is -2.20. The summed E-state index contributed by atoms with van der Waals surface area (Å²) in [4.78, 5) is 13.8. The Labute approximate surface area is 175 Å². The lowest BCUT2D eigenvalue weighted by atomic mass is 9.93. The van der Waals surface area contributed by atoms with Gasteiger partial charge in [0, 0.05) is 13.0 Å². The van der Waals surface area contributed by atoms with E-state index in [2.05, 4.69) is 66.6 Å². The Morgan fingerprint density at radius 1 is 0.966 bits per heavy atom. The molecule has 0 amide bonds. The van der Waals surface area contributed by atoms with Crippen LogP contribution in [0.1, 0.15) is 54.9 Å². The third kappa shape index (κ3) is 6.04. The van der Waals surface area contributed by atoms with Crippen LogP contribution in [0.3, 0.4) is 0 Å². The molecule has 1 aliphatic carbocycles. The van der Waals surface area contributed by atoms with Crippen molar-refractivity contribution < 1.29 is 9.53 Å². The Morgan fingerprint density at radius 2 is 1.59 bits per heavy atom. The van der Waals surface area contributed by atoms with Gasteiger partial charge in [0.05, 0.1) is 6.61 Å². The number of benzene rings is 2. The van der Waals surface area contributed by atoms with Crippen LogP contribution < -0.4 is 0 Å². The maximum atomic E-state index is 11.4. The molecule has 0 unspecified atom stereocenters. The Morgan fingerprint density at radius 3 is 2.21 bits per heavy atom. The monoisotopic (exact) mass is 391 g/mol. The summed E-state index contributed by atoms with van der Waals surface area (Å²) in [6.45, 7) is 4.36. The number of ether oxygens (including phenoxy) is 1. The zero-order valence-electron chi connectivity index (χ0n) is 17.8. The number of hydrogen-bond donors (Lipinski definition) is 0. The van der Waals surface area contributed by atoms with E-state index in [4.69, 9.17) is 4.74 Å². The Hall–Kier alpha value is -2.39. The van der Waals surface area contributed by atoms with E-state index in [-0.39, 0.29) is 5.97 Å². The highest BCUT2D eigenvalue weighted by Crippen LogP contribution is 2.33. The van der Waals surface area contributed by atoms with Gasteiger partial charge in [-0.3, -0.25) is 4.79 Å². The maximum absolute atomic E-state index is 11.4. The average Bonchev–Trinajstić information content (AvgIpc) is 2.89. The summed E-state index contributed by atoms with van der Waals surface area (Å²) in [6, 6.07) is 17.7. The van der Waals surface area contributed by atoms with Gasteiger partial charge >= 0.3 is 5.97 Å². The molecule has 3 nitrogen and oxygen atoms in total. The zero-order valence-corrected chi connectivity index (χ0v) is 17.8. The first kappa shape index (κ1) is 21.3. The number of hydrogen-bond acceptors (Lipinski definition) is 3. The number of nitrogens with zero attached hydrogens (tertiary/aromatic N) is 1. The van der Waals surface area contributed by atoms with Crippen LogP contribution in [0.5, 0.6) is 0 Å². The Balaban J connectivity index is 1.59. The van der Waals surface area contributed by atoms with Crippen molar-refractivity contribution in [3.8, 4) is 0 Å². The fraction of sp³-hybridized carbons (Fsp3) is 0.423. The van der Waals surface area contributed by atoms with E-state index in [1.54, 1.807) is 0 Å². The number of carbonyl (C=O) groups excluding carboxylic acids is 1. The van der Waals surface area contributed by atoms with Gasteiger partial charge in [-0.2, -0.15) is 0 Å². The highest BCUT2D eigenvalue weighted by Gasteiger charge is 2.17. The molecule has 0 atom stereocenters. The van der Waals surface area contributed by atoms with Crippen molar-refractivity contribution in [3.63, 3.8) is 0 Å². The third-order valence-corrected chi connectivity index (χ3v) is 5.61. The van der Waals surface area contributed by atoms with Crippen LogP contribution in [0, 0.1) is 0 Å². The maximum Gasteiger partial charge on any atom is 0.305 e. The quantitative estimate of drug-likeness (QED) is 0.431. The molecule has 0 fully saturated rings. The lowest BCUT2D eigenvalue weighted by Gasteiger charge is -2.16. The smallest absolute Gasteiger partial charge is 0.305 e. The summed E-state index contributed by atoms with van der Waals surface area (Å²) in [6.07, 6.45) is 8.09. The van der Waals surface area contributed by atoms with E-state index in [0.717, 1.165) is 45.2 Å². The zero-order chi connectivity index (χ0) is 20.5. The standard InChI is InChI=1S/C26H33NO2/c1-3-29-26(28)16-8-9-19-27(2)20-10-15-25-23-13-6-4-11-21(23)17-18-22-12-5-7-14-24(22)25/h4-7,11-15H,3,8-10,16-20H2,1-2H3. The minimum atomic E-state index is -0.0782. The molecule has 0 saturated carbocycles. The summed E-state index contributed by atoms with van der Waals surface area (Å²) in [5, 5.41) is 0. The molecule has 0 radical (unpaired) electrons. The molecule has 0 saturated heterocycles. The fourth-order valence-corrected chi connectivity index (χ4v) is 4.06. The molecule has 2 aromatic rings. The molecule has 0 N–H and O–H groups in total. The van der Waals surface area contributed by atoms with Crippen LogP contribution in [-0.2, 0) is 22.4 Å². The fourth-order valence-electron chi connectivity index (χ4n) is 4.06. The molecular formula is C26H33NO2. The molecule has 0 spiro atoms. The van der Waals surface area contributed by atoms with Crippen LogP contribution in [-0.4, -0.2) is 37.6 Å². The van der Waals surface area contributed by atoms with Gasteiger partial charge in [0.2, 0.25) is 0 Å². The molecule has 1 aliphatic rings. The highest BCUT2D eigenvalue weighted by molar-refractivity contribution is 5.83. The van der Waals surface area contributed by atoms with Gasteiger partial charge in [0.15, 0.2) is 0 Å². The van der Waals surface area contributed by atoms with Gasteiger partial charge in [-0.25, -0.2) is 0 Å². The van der Waals surface area contributed by atoms with E-state index in [0.29, 0.717) is 13.0 Å². The molecule has 3 rings (SSSR count). The number of carbonyl (C=O) groups is 1. The number of unbranched alkanes of at least 4 members (excludes halogenated alkanes) is 1. The molecule has 3 heteroatoms. The van der Waals surface area contributed by atoms with Crippen molar-refractivity contribution in [3.05, 3.63) is 76.9 Å². The van der Waals surface area contributed by atoms with Crippen LogP contribution in [0.25, 0.3) is 5.57 Å². The van der Waals surface area contributed by atoms with Gasteiger partial charge in [-0.1, -0.05) is 54.6 Å². The molecule has 2 aromatic carbocycles. The molecule has 0 aliphatic heterocycles. The molecule has 0 heterocycles. The second-order valence-electron chi connectivity index (χ2n) is 7.79. The molecule has 0 aromatic heterocycles.